The molecule has 36 heavy (non-hydrogen) atoms. The van der Waals surface area contributed by atoms with Crippen molar-refractivity contribution >= 4 is 49.1 Å². The fraction of sp³-hybridized carbons (Fsp3) is 0.400. The first-order valence-electron chi connectivity index (χ1n) is 11.8. The van der Waals surface area contributed by atoms with Gasteiger partial charge in [0.15, 0.2) is 11.5 Å². The van der Waals surface area contributed by atoms with Gasteiger partial charge in [-0.2, -0.15) is 0 Å². The molecule has 1 aromatic carbocycles. The van der Waals surface area contributed by atoms with Crippen LogP contribution >= 0.6 is 11.3 Å². The maximum absolute atomic E-state index is 12.1. The molecule has 3 aromatic heterocycles. The van der Waals surface area contributed by atoms with Gasteiger partial charge in [-0.1, -0.05) is 45.0 Å². The number of thiophene rings is 1. The van der Waals surface area contributed by atoms with Gasteiger partial charge in [-0.25, -0.2) is 23.1 Å². The van der Waals surface area contributed by atoms with Crippen LogP contribution in [-0.4, -0.2) is 54.6 Å². The lowest BCUT2D eigenvalue weighted by Gasteiger charge is -2.17. The Balaban J connectivity index is 1.58. The highest BCUT2D eigenvalue weighted by Crippen LogP contribution is 2.35. The average Bonchev–Trinajstić information content (AvgIpc) is 3.39. The van der Waals surface area contributed by atoms with Gasteiger partial charge in [0.25, 0.3) is 0 Å². The number of carbonyl (C=O) groups excluding carboxylic acids is 1. The van der Waals surface area contributed by atoms with Gasteiger partial charge in [0.2, 0.25) is 15.9 Å². The Morgan fingerprint density at radius 3 is 2.64 bits per heavy atom. The van der Waals surface area contributed by atoms with E-state index < -0.39 is 15.4 Å². The van der Waals surface area contributed by atoms with E-state index in [1.165, 1.54) is 0 Å². The summed E-state index contributed by atoms with van der Waals surface area (Å²) in [5.74, 6) is 0.678. The van der Waals surface area contributed by atoms with Crippen LogP contribution in [0.15, 0.2) is 36.5 Å². The van der Waals surface area contributed by atoms with Gasteiger partial charge in [0.1, 0.15) is 10.3 Å². The number of sulfonamides is 1. The van der Waals surface area contributed by atoms with Crippen molar-refractivity contribution in [2.24, 2.45) is 5.41 Å². The van der Waals surface area contributed by atoms with Crippen molar-refractivity contribution < 1.29 is 13.2 Å². The van der Waals surface area contributed by atoms with Crippen LogP contribution in [0, 0.1) is 12.3 Å². The lowest BCUT2D eigenvalue weighted by molar-refractivity contribution is -0.128. The predicted molar refractivity (Wildman–Crippen MR) is 146 cm³/mol. The summed E-state index contributed by atoms with van der Waals surface area (Å²) in [6.45, 7) is 9.05. The zero-order chi connectivity index (χ0) is 26.1. The summed E-state index contributed by atoms with van der Waals surface area (Å²) in [7, 11) is -3.21. The van der Waals surface area contributed by atoms with Crippen LogP contribution in [0.3, 0.4) is 0 Å². The van der Waals surface area contributed by atoms with E-state index in [0.29, 0.717) is 31.9 Å². The highest BCUT2D eigenvalue weighted by Gasteiger charge is 2.20. The summed E-state index contributed by atoms with van der Waals surface area (Å²) in [5, 5.41) is 6.28. The van der Waals surface area contributed by atoms with Gasteiger partial charge in [-0.15, -0.1) is 11.3 Å². The zero-order valence-corrected chi connectivity index (χ0v) is 22.8. The number of hydrogen-bond acceptors (Lipinski definition) is 7. The molecular weight excluding hydrogens is 496 g/mol. The van der Waals surface area contributed by atoms with Gasteiger partial charge in [0.05, 0.1) is 6.26 Å². The molecule has 0 spiro atoms. The molecule has 0 saturated carbocycles. The SMILES string of the molecule is Cc1cnc2c(NCCNC(=O)C(C)(C)C)nc3cc(-c4cccc(CCNS(C)(=O)=O)c4)sc3n12. The van der Waals surface area contributed by atoms with Gasteiger partial charge >= 0.3 is 0 Å². The van der Waals surface area contributed by atoms with Gasteiger partial charge in [-0.05, 0) is 30.5 Å². The van der Waals surface area contributed by atoms with Crippen molar-refractivity contribution in [3.8, 4) is 10.4 Å². The minimum Gasteiger partial charge on any atom is -0.365 e. The molecule has 0 aliphatic rings. The quantitative estimate of drug-likeness (QED) is 0.286. The second-order valence-corrected chi connectivity index (χ2v) is 12.7. The molecule has 4 rings (SSSR count). The minimum atomic E-state index is -3.21. The van der Waals surface area contributed by atoms with Crippen LogP contribution in [0.4, 0.5) is 5.82 Å². The fourth-order valence-electron chi connectivity index (χ4n) is 3.79. The first-order valence-corrected chi connectivity index (χ1v) is 14.5. The third-order valence-electron chi connectivity index (χ3n) is 5.65. The summed E-state index contributed by atoms with van der Waals surface area (Å²) >= 11 is 1.64. The smallest absolute Gasteiger partial charge is 0.225 e. The standard InChI is InChI=1S/C25H32N6O3S2/c1-16-15-28-22-21(26-11-12-27-24(32)25(2,3)4)30-19-14-20(35-23(19)31(16)22)18-8-6-7-17(13-18)9-10-29-36(5,33)34/h6-8,13-15,29H,9-12H2,1-5H3,(H,26,30)(H,27,32). The van der Waals surface area contributed by atoms with E-state index >= 15 is 0 Å². The highest BCUT2D eigenvalue weighted by molar-refractivity contribution is 7.88. The molecule has 3 heterocycles. The predicted octanol–water partition coefficient (Wildman–Crippen LogP) is 3.59. The van der Waals surface area contributed by atoms with E-state index in [9.17, 15) is 13.2 Å². The number of benzene rings is 1. The number of rotatable bonds is 9. The maximum atomic E-state index is 12.1. The molecule has 11 heteroatoms. The molecule has 0 radical (unpaired) electrons. The first-order chi connectivity index (χ1) is 16.9. The third-order valence-corrected chi connectivity index (χ3v) is 7.54. The van der Waals surface area contributed by atoms with Crippen molar-refractivity contribution in [2.75, 3.05) is 31.2 Å². The molecular formula is C25H32N6O3S2. The summed E-state index contributed by atoms with van der Waals surface area (Å²) < 4.78 is 27.4. The van der Waals surface area contributed by atoms with Crippen LogP contribution in [0.2, 0.25) is 0 Å². The van der Waals surface area contributed by atoms with Crippen LogP contribution in [0.5, 0.6) is 0 Å². The van der Waals surface area contributed by atoms with Crippen LogP contribution in [0.1, 0.15) is 32.0 Å². The van der Waals surface area contributed by atoms with E-state index in [1.54, 1.807) is 11.3 Å². The van der Waals surface area contributed by atoms with Crippen molar-refractivity contribution in [3.05, 3.63) is 47.8 Å². The molecule has 0 aliphatic heterocycles. The van der Waals surface area contributed by atoms with Crippen molar-refractivity contribution in [1.82, 2.24) is 24.4 Å². The summed E-state index contributed by atoms with van der Waals surface area (Å²) in [5.41, 5.74) is 4.29. The molecule has 4 aromatic rings. The molecule has 0 atom stereocenters. The number of imidazole rings is 1. The number of fused-ring (bicyclic) bond motifs is 3. The monoisotopic (exact) mass is 528 g/mol. The van der Waals surface area contributed by atoms with Crippen molar-refractivity contribution in [1.29, 1.82) is 0 Å². The highest BCUT2D eigenvalue weighted by atomic mass is 32.2. The van der Waals surface area contributed by atoms with Gasteiger partial charge in [0, 0.05) is 41.8 Å². The van der Waals surface area contributed by atoms with E-state index in [0.717, 1.165) is 43.9 Å². The Bertz CT molecular complexity index is 1520. The Kier molecular flexibility index (Phi) is 7.35. The lowest BCUT2D eigenvalue weighted by atomic mass is 9.96. The van der Waals surface area contributed by atoms with Crippen molar-refractivity contribution in [2.45, 2.75) is 34.1 Å². The van der Waals surface area contributed by atoms with Crippen LogP contribution < -0.4 is 15.4 Å². The number of nitrogens with one attached hydrogen (secondary N) is 3. The number of carbonyl (C=O) groups is 1. The average molecular weight is 529 g/mol. The number of amides is 1. The third kappa shape index (κ3) is 6.03. The zero-order valence-electron chi connectivity index (χ0n) is 21.2. The Hall–Kier alpha value is -3.02. The molecule has 1 amide bonds. The minimum absolute atomic E-state index is 0.00585. The molecule has 9 nitrogen and oxygen atoms in total. The topological polar surface area (TPSA) is 117 Å². The van der Waals surface area contributed by atoms with Gasteiger partial charge < -0.3 is 10.6 Å². The maximum Gasteiger partial charge on any atom is 0.225 e. The summed E-state index contributed by atoms with van der Waals surface area (Å²) in [6.07, 6.45) is 3.60. The normalized spacial score (nSPS) is 12.4. The molecule has 3 N–H and O–H groups in total. The van der Waals surface area contributed by atoms with E-state index in [-0.39, 0.29) is 5.91 Å². The van der Waals surface area contributed by atoms with Crippen molar-refractivity contribution in [3.63, 3.8) is 0 Å². The van der Waals surface area contributed by atoms with Gasteiger partial charge in [-0.3, -0.25) is 9.20 Å². The second-order valence-electron chi connectivity index (χ2n) is 9.87. The largest absolute Gasteiger partial charge is 0.365 e. The summed E-state index contributed by atoms with van der Waals surface area (Å²) in [4.78, 5) is 23.6. The summed E-state index contributed by atoms with van der Waals surface area (Å²) in [6, 6.07) is 10.2. The Morgan fingerprint density at radius 2 is 1.92 bits per heavy atom. The van der Waals surface area contributed by atoms with Crippen LogP contribution in [0.25, 0.3) is 26.4 Å². The Labute approximate surface area is 215 Å². The number of nitrogens with zero attached hydrogens (tertiary/aromatic N) is 3. The molecule has 0 unspecified atom stereocenters. The molecule has 0 saturated heterocycles. The second kappa shape index (κ2) is 10.2. The van der Waals surface area contributed by atoms with E-state index in [4.69, 9.17) is 4.98 Å². The van der Waals surface area contributed by atoms with Crippen LogP contribution in [-0.2, 0) is 21.2 Å². The molecule has 192 valence electrons. The number of aromatic nitrogens is 3. The number of anilines is 1. The lowest BCUT2D eigenvalue weighted by Crippen LogP contribution is -2.37. The molecule has 0 aliphatic carbocycles. The fourth-order valence-corrected chi connectivity index (χ4v) is 5.41. The number of hydrogen-bond donors (Lipinski definition) is 3. The molecule has 0 fully saturated rings. The Morgan fingerprint density at radius 1 is 1.14 bits per heavy atom. The van der Waals surface area contributed by atoms with E-state index in [1.807, 2.05) is 52.1 Å². The van der Waals surface area contributed by atoms with E-state index in [2.05, 4.69) is 36.9 Å². The first kappa shape index (κ1) is 26.1. The number of aryl methyl sites for hydroxylation is 1. The molecule has 0 bridgehead atoms.